The summed E-state index contributed by atoms with van der Waals surface area (Å²) in [7, 11) is 0. The Bertz CT molecular complexity index is 406. The molecule has 14 heavy (non-hydrogen) atoms. The molecule has 0 aliphatic carbocycles. The van der Waals surface area contributed by atoms with Gasteiger partial charge in [-0.05, 0) is 30.7 Å². The Labute approximate surface area is 81.0 Å². The van der Waals surface area contributed by atoms with Crippen molar-refractivity contribution in [2.45, 2.75) is 6.92 Å². The summed E-state index contributed by atoms with van der Waals surface area (Å²) >= 11 is 0. The van der Waals surface area contributed by atoms with Crippen LogP contribution in [0.3, 0.4) is 0 Å². The van der Waals surface area contributed by atoms with Crippen molar-refractivity contribution in [2.24, 2.45) is 0 Å². The first kappa shape index (κ1) is 9.93. The van der Waals surface area contributed by atoms with E-state index in [2.05, 4.69) is 0 Å². The number of phenols is 3. The highest BCUT2D eigenvalue weighted by atomic mass is 16.3. The van der Waals surface area contributed by atoms with Crippen LogP contribution in [0.5, 0.6) is 17.2 Å². The summed E-state index contributed by atoms with van der Waals surface area (Å²) in [5, 5.41) is 35.8. The zero-order valence-electron chi connectivity index (χ0n) is 7.52. The van der Waals surface area contributed by atoms with E-state index in [1.54, 1.807) is 6.92 Å². The number of hydrogen-bond donors (Lipinski definition) is 3. The average molecular weight is 191 g/mol. The van der Waals surface area contributed by atoms with Crippen molar-refractivity contribution < 1.29 is 15.3 Å². The second-order valence-electron chi connectivity index (χ2n) is 2.85. The fourth-order valence-electron chi connectivity index (χ4n) is 0.991. The molecule has 0 fully saturated rings. The first-order valence-corrected chi connectivity index (χ1v) is 3.88. The lowest BCUT2D eigenvalue weighted by atomic mass is 10.1. The van der Waals surface area contributed by atoms with Gasteiger partial charge in [-0.3, -0.25) is 0 Å². The number of benzene rings is 1. The van der Waals surface area contributed by atoms with E-state index in [4.69, 9.17) is 20.6 Å². The van der Waals surface area contributed by atoms with Crippen LogP contribution in [0.15, 0.2) is 17.7 Å². The third kappa shape index (κ3) is 1.96. The minimum absolute atomic E-state index is 0.415. The van der Waals surface area contributed by atoms with E-state index >= 15 is 0 Å². The van der Waals surface area contributed by atoms with Crippen molar-refractivity contribution in [2.75, 3.05) is 0 Å². The molecule has 0 heterocycles. The molecule has 1 aromatic carbocycles. The predicted molar refractivity (Wildman–Crippen MR) is 50.7 cm³/mol. The quantitative estimate of drug-likeness (QED) is 0.466. The molecular formula is C10H9NO3. The maximum absolute atomic E-state index is 9.14. The molecule has 0 spiro atoms. The molecule has 0 aromatic heterocycles. The van der Waals surface area contributed by atoms with Crippen molar-refractivity contribution in [3.63, 3.8) is 0 Å². The van der Waals surface area contributed by atoms with Crippen LogP contribution in [0.1, 0.15) is 12.5 Å². The lowest BCUT2D eigenvalue weighted by Gasteiger charge is -2.02. The fourth-order valence-corrected chi connectivity index (χ4v) is 0.991. The van der Waals surface area contributed by atoms with Gasteiger partial charge in [0, 0.05) is 5.57 Å². The van der Waals surface area contributed by atoms with Crippen LogP contribution in [0.4, 0.5) is 0 Å². The van der Waals surface area contributed by atoms with Gasteiger partial charge in [-0.1, -0.05) is 0 Å². The molecule has 72 valence electrons. The van der Waals surface area contributed by atoms with E-state index in [0.717, 1.165) is 0 Å². The summed E-state index contributed by atoms with van der Waals surface area (Å²) < 4.78 is 0. The molecule has 1 rings (SSSR count). The Kier molecular flexibility index (Phi) is 2.63. The number of nitrogens with zero attached hydrogens (tertiary/aromatic N) is 1. The van der Waals surface area contributed by atoms with Gasteiger partial charge in [-0.2, -0.15) is 5.26 Å². The third-order valence-electron chi connectivity index (χ3n) is 1.65. The second kappa shape index (κ2) is 3.71. The van der Waals surface area contributed by atoms with Crippen LogP contribution in [-0.2, 0) is 0 Å². The summed E-state index contributed by atoms with van der Waals surface area (Å²) in [6.45, 7) is 1.60. The number of aromatic hydroxyl groups is 3. The van der Waals surface area contributed by atoms with Gasteiger partial charge >= 0.3 is 0 Å². The lowest BCUT2D eigenvalue weighted by molar-refractivity contribution is 0.368. The van der Waals surface area contributed by atoms with Crippen LogP contribution < -0.4 is 0 Å². The number of rotatable bonds is 1. The van der Waals surface area contributed by atoms with Gasteiger partial charge < -0.3 is 15.3 Å². The van der Waals surface area contributed by atoms with E-state index < -0.39 is 17.2 Å². The highest BCUT2D eigenvalue weighted by molar-refractivity contribution is 5.63. The normalized spacial score (nSPS) is 11.0. The monoisotopic (exact) mass is 191 g/mol. The second-order valence-corrected chi connectivity index (χ2v) is 2.85. The van der Waals surface area contributed by atoms with Gasteiger partial charge in [0.05, 0.1) is 6.07 Å². The Balaban J connectivity index is 3.21. The molecule has 0 saturated carbocycles. The Morgan fingerprint density at radius 1 is 1.29 bits per heavy atom. The van der Waals surface area contributed by atoms with Gasteiger partial charge in [0.1, 0.15) is 0 Å². The maximum atomic E-state index is 9.14. The first-order valence-electron chi connectivity index (χ1n) is 3.88. The van der Waals surface area contributed by atoms with Crippen molar-refractivity contribution in [3.05, 3.63) is 23.3 Å². The molecule has 4 heteroatoms. The van der Waals surface area contributed by atoms with Gasteiger partial charge in [0.2, 0.25) is 0 Å². The largest absolute Gasteiger partial charge is 0.504 e. The van der Waals surface area contributed by atoms with E-state index in [-0.39, 0.29) is 0 Å². The molecule has 0 saturated heterocycles. The van der Waals surface area contributed by atoms with E-state index in [1.807, 2.05) is 6.07 Å². The molecule has 4 nitrogen and oxygen atoms in total. The van der Waals surface area contributed by atoms with Crippen molar-refractivity contribution in [1.29, 1.82) is 5.26 Å². The zero-order valence-corrected chi connectivity index (χ0v) is 7.52. The molecular weight excluding hydrogens is 182 g/mol. The van der Waals surface area contributed by atoms with E-state index in [9.17, 15) is 0 Å². The summed E-state index contributed by atoms with van der Waals surface area (Å²) in [5.74, 6) is -1.39. The molecule has 0 atom stereocenters. The minimum atomic E-state index is -0.559. The van der Waals surface area contributed by atoms with Crippen molar-refractivity contribution >= 4 is 6.08 Å². The molecule has 0 aliphatic rings. The minimum Gasteiger partial charge on any atom is -0.504 e. The molecule has 0 bridgehead atoms. The van der Waals surface area contributed by atoms with Crippen LogP contribution in [0, 0.1) is 11.3 Å². The van der Waals surface area contributed by atoms with Crippen LogP contribution in [-0.4, -0.2) is 15.3 Å². The Hall–Kier alpha value is -2.15. The smallest absolute Gasteiger partial charge is 0.200 e. The van der Waals surface area contributed by atoms with Crippen LogP contribution in [0.25, 0.3) is 6.08 Å². The first-order chi connectivity index (χ1) is 6.54. The highest BCUT2D eigenvalue weighted by Gasteiger charge is 2.06. The van der Waals surface area contributed by atoms with Gasteiger partial charge in [-0.15, -0.1) is 0 Å². The standard InChI is InChI=1S/C10H9NO3/c1-6(5-11)2-7-3-8(12)10(14)9(13)4-7/h2-4,12-14H,1H3/b6-2-. The van der Waals surface area contributed by atoms with Crippen LogP contribution in [0.2, 0.25) is 0 Å². The summed E-state index contributed by atoms with van der Waals surface area (Å²) in [4.78, 5) is 0. The summed E-state index contributed by atoms with van der Waals surface area (Å²) in [6, 6.07) is 4.42. The van der Waals surface area contributed by atoms with Crippen molar-refractivity contribution in [3.8, 4) is 23.3 Å². The molecule has 3 N–H and O–H groups in total. The third-order valence-corrected chi connectivity index (χ3v) is 1.65. The Morgan fingerprint density at radius 3 is 2.21 bits per heavy atom. The van der Waals surface area contributed by atoms with E-state index in [1.165, 1.54) is 18.2 Å². The molecule has 0 unspecified atom stereocenters. The maximum Gasteiger partial charge on any atom is 0.200 e. The fraction of sp³-hybridized carbons (Fsp3) is 0.100. The summed E-state index contributed by atoms with van der Waals surface area (Å²) in [6.07, 6.45) is 1.48. The zero-order chi connectivity index (χ0) is 10.7. The Morgan fingerprint density at radius 2 is 1.79 bits per heavy atom. The highest BCUT2D eigenvalue weighted by Crippen LogP contribution is 2.35. The predicted octanol–water partition coefficient (Wildman–Crippen LogP) is 1.73. The molecule has 1 aromatic rings. The summed E-state index contributed by atoms with van der Waals surface area (Å²) in [5.41, 5.74) is 0.895. The van der Waals surface area contributed by atoms with Gasteiger partial charge in [0.25, 0.3) is 0 Å². The van der Waals surface area contributed by atoms with Crippen molar-refractivity contribution in [1.82, 2.24) is 0 Å². The number of hydrogen-bond acceptors (Lipinski definition) is 4. The molecule has 0 amide bonds. The lowest BCUT2D eigenvalue weighted by Crippen LogP contribution is -1.77. The molecule has 0 radical (unpaired) electrons. The van der Waals surface area contributed by atoms with E-state index in [0.29, 0.717) is 11.1 Å². The number of nitriles is 1. The SMILES string of the molecule is C/C(C#N)=C/c1cc(O)c(O)c(O)c1. The average Bonchev–Trinajstić information content (AvgIpc) is 2.14. The van der Waals surface area contributed by atoms with Gasteiger partial charge in [0.15, 0.2) is 17.2 Å². The molecule has 0 aliphatic heterocycles. The van der Waals surface area contributed by atoms with Crippen LogP contribution >= 0.6 is 0 Å². The van der Waals surface area contributed by atoms with Gasteiger partial charge in [-0.25, -0.2) is 0 Å². The number of phenolic OH excluding ortho intramolecular Hbond substituents is 3. The topological polar surface area (TPSA) is 84.5 Å². The number of allylic oxidation sites excluding steroid dienone is 1.